The lowest BCUT2D eigenvalue weighted by Crippen LogP contribution is -2.25. The van der Waals surface area contributed by atoms with E-state index in [0.29, 0.717) is 0 Å². The summed E-state index contributed by atoms with van der Waals surface area (Å²) in [5, 5.41) is 38.1. The van der Waals surface area contributed by atoms with Crippen LogP contribution in [0.2, 0.25) is 0 Å². The van der Waals surface area contributed by atoms with E-state index < -0.39 is 0 Å². The molecule has 0 spiro atoms. The Morgan fingerprint density at radius 1 is 0.349 bits per heavy atom. The number of phenols is 4. The molecule has 4 nitrogen and oxygen atoms in total. The van der Waals surface area contributed by atoms with E-state index in [1.54, 1.807) is 48.5 Å². The highest BCUT2D eigenvalue weighted by Gasteiger charge is 2.31. The lowest BCUT2D eigenvalue weighted by molar-refractivity contribution is 0.473. The van der Waals surface area contributed by atoms with Gasteiger partial charge in [0.05, 0.1) is 0 Å². The van der Waals surface area contributed by atoms with Gasteiger partial charge in [-0.15, -0.1) is 0 Å². The maximum atomic E-state index is 9.57. The van der Waals surface area contributed by atoms with E-state index in [1.165, 1.54) is 5.56 Å². The molecule has 0 bridgehead atoms. The molecule has 43 heavy (non-hydrogen) atoms. The van der Waals surface area contributed by atoms with Crippen molar-refractivity contribution in [2.45, 2.75) is 18.3 Å². The molecule has 0 saturated heterocycles. The Balaban J connectivity index is 0.000000171. The molecule has 6 aromatic rings. The molecule has 0 unspecified atom stereocenters. The Hall–Kier alpha value is -5.48. The van der Waals surface area contributed by atoms with Gasteiger partial charge in [0.1, 0.15) is 23.0 Å². The number of rotatable bonds is 6. The fraction of sp³-hybridized carbons (Fsp3) is 0.0769. The highest BCUT2D eigenvalue weighted by atomic mass is 16.3. The summed E-state index contributed by atoms with van der Waals surface area (Å²) in [4.78, 5) is 0. The van der Waals surface area contributed by atoms with Crippen LogP contribution in [0.15, 0.2) is 158 Å². The molecule has 6 rings (SSSR count). The van der Waals surface area contributed by atoms with Gasteiger partial charge in [-0.1, -0.05) is 109 Å². The molecule has 4 N–H and O–H groups in total. The molecule has 214 valence electrons. The van der Waals surface area contributed by atoms with Gasteiger partial charge in [-0.3, -0.25) is 0 Å². The van der Waals surface area contributed by atoms with Crippen molar-refractivity contribution in [2.24, 2.45) is 0 Å². The number of phenolic OH excluding ortho intramolecular Hbond substituents is 4. The Kier molecular flexibility index (Phi) is 8.78. The van der Waals surface area contributed by atoms with Crippen LogP contribution in [-0.4, -0.2) is 20.4 Å². The zero-order valence-electron chi connectivity index (χ0n) is 23.9. The van der Waals surface area contributed by atoms with Gasteiger partial charge in [0.25, 0.3) is 0 Å². The normalized spacial score (nSPS) is 11.0. The average molecular weight is 567 g/mol. The van der Waals surface area contributed by atoms with E-state index in [-0.39, 0.29) is 34.3 Å². The van der Waals surface area contributed by atoms with Gasteiger partial charge in [-0.05, 0) is 88.8 Å². The molecule has 0 aliphatic carbocycles. The van der Waals surface area contributed by atoms with Crippen LogP contribution in [0.1, 0.15) is 46.2 Å². The third-order valence-corrected chi connectivity index (χ3v) is 7.83. The van der Waals surface area contributed by atoms with Gasteiger partial charge in [0, 0.05) is 11.3 Å². The maximum absolute atomic E-state index is 9.57. The van der Waals surface area contributed by atoms with Crippen LogP contribution in [-0.2, 0) is 5.41 Å². The Labute approximate surface area is 252 Å². The average Bonchev–Trinajstić information content (AvgIpc) is 3.05. The van der Waals surface area contributed by atoms with Gasteiger partial charge in [-0.25, -0.2) is 0 Å². The second-order valence-electron chi connectivity index (χ2n) is 10.6. The minimum atomic E-state index is -0.358. The van der Waals surface area contributed by atoms with Crippen LogP contribution in [0, 0.1) is 0 Å². The van der Waals surface area contributed by atoms with Crippen LogP contribution >= 0.6 is 0 Å². The van der Waals surface area contributed by atoms with Gasteiger partial charge in [0.2, 0.25) is 0 Å². The van der Waals surface area contributed by atoms with Crippen molar-refractivity contribution in [1.29, 1.82) is 0 Å². The minimum Gasteiger partial charge on any atom is -0.508 e. The van der Waals surface area contributed by atoms with Crippen molar-refractivity contribution < 1.29 is 20.4 Å². The summed E-state index contributed by atoms with van der Waals surface area (Å²) in [6, 6.07) is 49.5. The van der Waals surface area contributed by atoms with Gasteiger partial charge < -0.3 is 20.4 Å². The summed E-state index contributed by atoms with van der Waals surface area (Å²) in [5.41, 5.74) is 6.35. The Bertz CT molecular complexity index is 1620. The smallest absolute Gasteiger partial charge is 0.115 e. The molecule has 0 heterocycles. The maximum Gasteiger partial charge on any atom is 0.115 e. The molecule has 0 radical (unpaired) electrons. The zero-order valence-corrected chi connectivity index (χ0v) is 23.9. The van der Waals surface area contributed by atoms with Crippen molar-refractivity contribution in [3.05, 3.63) is 191 Å². The predicted octanol–water partition coefficient (Wildman–Crippen LogP) is 8.73. The van der Waals surface area contributed by atoms with Gasteiger partial charge >= 0.3 is 0 Å². The molecule has 0 amide bonds. The molecule has 0 fully saturated rings. The lowest BCUT2D eigenvalue weighted by Gasteiger charge is -2.32. The van der Waals surface area contributed by atoms with Crippen molar-refractivity contribution in [2.75, 3.05) is 0 Å². The zero-order chi connectivity index (χ0) is 30.2. The summed E-state index contributed by atoms with van der Waals surface area (Å²) < 4.78 is 0. The fourth-order valence-corrected chi connectivity index (χ4v) is 5.42. The van der Waals surface area contributed by atoms with Crippen molar-refractivity contribution >= 4 is 0 Å². The van der Waals surface area contributed by atoms with Crippen LogP contribution in [0.4, 0.5) is 0 Å². The topological polar surface area (TPSA) is 80.9 Å². The second-order valence-corrected chi connectivity index (χ2v) is 10.6. The van der Waals surface area contributed by atoms with Crippen molar-refractivity contribution in [3.63, 3.8) is 0 Å². The third kappa shape index (κ3) is 6.71. The SMILES string of the molecule is CC(c1ccccc1)(c1ccc(O)cc1)c1ccc(O)cc1.Oc1ccc(C(c2ccccc2)c2ccc(O)cc2)cc1. The summed E-state index contributed by atoms with van der Waals surface area (Å²) in [6.07, 6.45) is 0. The first-order valence-electron chi connectivity index (χ1n) is 14.1. The van der Waals surface area contributed by atoms with Crippen molar-refractivity contribution in [1.82, 2.24) is 0 Å². The minimum absolute atomic E-state index is 0.0763. The molecule has 0 aliphatic heterocycles. The standard InChI is InChI=1S/C20H18O2.C19H16O2/c1-20(15-5-3-2-4-6-15,16-7-11-18(21)12-8-16)17-9-13-19(22)14-10-17;20-17-10-6-15(7-11-17)19(14-4-2-1-3-5-14)16-8-12-18(21)13-9-16/h2-14,21-22H,1H3;1-13,19-21H. The monoisotopic (exact) mass is 566 g/mol. The van der Waals surface area contributed by atoms with E-state index >= 15 is 0 Å². The van der Waals surface area contributed by atoms with E-state index in [2.05, 4.69) is 31.2 Å². The lowest BCUT2D eigenvalue weighted by atomic mass is 9.71. The first-order valence-corrected chi connectivity index (χ1v) is 14.1. The van der Waals surface area contributed by atoms with Crippen LogP contribution in [0.25, 0.3) is 0 Å². The summed E-state index contributed by atoms with van der Waals surface area (Å²) in [5.74, 6) is 1.11. The highest BCUT2D eigenvalue weighted by Crippen LogP contribution is 2.39. The first kappa shape index (κ1) is 29.0. The van der Waals surface area contributed by atoms with Gasteiger partial charge in [0.15, 0.2) is 0 Å². The molecular weight excluding hydrogens is 532 g/mol. The second kappa shape index (κ2) is 13.0. The largest absolute Gasteiger partial charge is 0.508 e. The molecule has 6 aromatic carbocycles. The molecule has 4 heteroatoms. The van der Waals surface area contributed by atoms with Crippen LogP contribution < -0.4 is 0 Å². The van der Waals surface area contributed by atoms with Gasteiger partial charge in [-0.2, -0.15) is 0 Å². The summed E-state index contributed by atoms with van der Waals surface area (Å²) in [6.45, 7) is 2.15. The Morgan fingerprint density at radius 3 is 1.00 bits per heavy atom. The predicted molar refractivity (Wildman–Crippen MR) is 172 cm³/mol. The highest BCUT2D eigenvalue weighted by molar-refractivity contribution is 5.51. The van der Waals surface area contributed by atoms with E-state index in [1.807, 2.05) is 84.9 Å². The summed E-state index contributed by atoms with van der Waals surface area (Å²) >= 11 is 0. The number of hydrogen-bond donors (Lipinski definition) is 4. The third-order valence-electron chi connectivity index (χ3n) is 7.83. The molecule has 0 aromatic heterocycles. The van der Waals surface area contributed by atoms with Crippen molar-refractivity contribution in [3.8, 4) is 23.0 Å². The number of hydrogen-bond acceptors (Lipinski definition) is 4. The molecule has 0 saturated carbocycles. The number of benzene rings is 6. The van der Waals surface area contributed by atoms with E-state index in [0.717, 1.165) is 27.8 Å². The quantitative estimate of drug-likeness (QED) is 0.152. The molecule has 0 atom stereocenters. The van der Waals surface area contributed by atoms with Crippen LogP contribution in [0.3, 0.4) is 0 Å². The van der Waals surface area contributed by atoms with E-state index in [9.17, 15) is 20.4 Å². The molecular formula is C39H34O4. The number of aromatic hydroxyl groups is 4. The fourth-order valence-electron chi connectivity index (χ4n) is 5.42. The van der Waals surface area contributed by atoms with E-state index in [4.69, 9.17) is 0 Å². The molecule has 0 aliphatic rings. The summed E-state index contributed by atoms with van der Waals surface area (Å²) in [7, 11) is 0. The van der Waals surface area contributed by atoms with Crippen LogP contribution in [0.5, 0.6) is 23.0 Å². The Morgan fingerprint density at radius 2 is 0.628 bits per heavy atom. The first-order chi connectivity index (χ1) is 20.8.